The summed E-state index contributed by atoms with van der Waals surface area (Å²) in [6.45, 7) is 4.42. The van der Waals surface area contributed by atoms with Crippen LogP contribution in [0.1, 0.15) is 26.2 Å². The number of ether oxygens (including phenoxy) is 3. The third kappa shape index (κ3) is 4.12. The fourth-order valence-corrected chi connectivity index (χ4v) is 3.45. The maximum atomic E-state index is 12.2. The maximum absolute atomic E-state index is 12.2. The number of rotatable bonds is 4. The second-order valence-electron chi connectivity index (χ2n) is 6.20. The first-order valence-electron chi connectivity index (χ1n) is 8.32. The van der Waals surface area contributed by atoms with Crippen molar-refractivity contribution in [1.82, 2.24) is 5.32 Å². The molecule has 0 unspecified atom stereocenters. The Bertz CT molecular complexity index is 590. The number of halogens is 1. The van der Waals surface area contributed by atoms with Gasteiger partial charge in [0.25, 0.3) is 0 Å². The first-order valence-corrected chi connectivity index (χ1v) is 8.69. The third-order valence-corrected chi connectivity index (χ3v) is 4.68. The Hall–Kier alpha value is -1.50. The number of benzene rings is 1. The van der Waals surface area contributed by atoms with E-state index in [1.807, 2.05) is 6.92 Å². The summed E-state index contributed by atoms with van der Waals surface area (Å²) in [4.78, 5) is 12.2. The van der Waals surface area contributed by atoms with Gasteiger partial charge in [-0.1, -0.05) is 11.6 Å². The van der Waals surface area contributed by atoms with Crippen molar-refractivity contribution in [2.45, 2.75) is 37.8 Å². The average molecular weight is 355 g/mol. The van der Waals surface area contributed by atoms with Crippen molar-refractivity contribution in [2.24, 2.45) is 0 Å². The van der Waals surface area contributed by atoms with Gasteiger partial charge in [-0.3, -0.25) is 0 Å². The highest BCUT2D eigenvalue weighted by atomic mass is 35.5. The van der Waals surface area contributed by atoms with Crippen molar-refractivity contribution in [1.29, 1.82) is 0 Å². The SMILES string of the molecule is CCOc1ccc(NC(=O)N[C@H]2CCO[C@]3(CCOC3)C2)cc1Cl. The molecule has 7 heteroatoms. The molecule has 0 radical (unpaired) electrons. The largest absolute Gasteiger partial charge is 0.492 e. The Morgan fingerprint density at radius 1 is 1.46 bits per heavy atom. The molecule has 24 heavy (non-hydrogen) atoms. The van der Waals surface area contributed by atoms with E-state index < -0.39 is 0 Å². The van der Waals surface area contributed by atoms with Gasteiger partial charge >= 0.3 is 6.03 Å². The van der Waals surface area contributed by atoms with E-state index in [0.29, 0.717) is 36.3 Å². The highest BCUT2D eigenvalue weighted by Crippen LogP contribution is 2.33. The molecule has 2 saturated heterocycles. The number of nitrogens with one attached hydrogen (secondary N) is 2. The van der Waals surface area contributed by atoms with Gasteiger partial charge in [0, 0.05) is 31.4 Å². The topological polar surface area (TPSA) is 68.8 Å². The molecule has 1 aromatic rings. The summed E-state index contributed by atoms with van der Waals surface area (Å²) in [6, 6.07) is 5.05. The van der Waals surface area contributed by atoms with Gasteiger partial charge in [0.05, 0.1) is 23.8 Å². The summed E-state index contributed by atoms with van der Waals surface area (Å²) in [5, 5.41) is 6.31. The number of carbonyl (C=O) groups excluding carboxylic acids is 1. The second-order valence-corrected chi connectivity index (χ2v) is 6.61. The number of urea groups is 1. The molecule has 6 nitrogen and oxygen atoms in total. The molecule has 2 N–H and O–H groups in total. The van der Waals surface area contributed by atoms with Crippen LogP contribution in [0.4, 0.5) is 10.5 Å². The molecule has 2 fully saturated rings. The number of anilines is 1. The Balaban J connectivity index is 1.54. The number of hydrogen-bond acceptors (Lipinski definition) is 4. The van der Waals surface area contributed by atoms with E-state index in [-0.39, 0.29) is 17.7 Å². The molecular weight excluding hydrogens is 332 g/mol. The summed E-state index contributed by atoms with van der Waals surface area (Å²) >= 11 is 6.14. The summed E-state index contributed by atoms with van der Waals surface area (Å²) in [5.74, 6) is 0.609. The summed E-state index contributed by atoms with van der Waals surface area (Å²) in [6.07, 6.45) is 2.48. The van der Waals surface area contributed by atoms with E-state index in [0.717, 1.165) is 25.9 Å². The Morgan fingerprint density at radius 3 is 3.04 bits per heavy atom. The molecule has 0 aromatic heterocycles. The monoisotopic (exact) mass is 354 g/mol. The fraction of sp³-hybridized carbons (Fsp3) is 0.588. The van der Waals surface area contributed by atoms with E-state index in [9.17, 15) is 4.79 Å². The minimum absolute atomic E-state index is 0.0821. The smallest absolute Gasteiger partial charge is 0.319 e. The molecule has 2 atom stereocenters. The van der Waals surface area contributed by atoms with E-state index in [2.05, 4.69) is 10.6 Å². The molecule has 2 heterocycles. The summed E-state index contributed by atoms with van der Waals surface area (Å²) in [7, 11) is 0. The lowest BCUT2D eigenvalue weighted by molar-refractivity contribution is -0.0877. The van der Waals surface area contributed by atoms with E-state index >= 15 is 0 Å². The Kier molecular flexibility index (Phi) is 5.48. The van der Waals surface area contributed by atoms with Crippen LogP contribution in [0.5, 0.6) is 5.75 Å². The van der Waals surface area contributed by atoms with Crippen molar-refractivity contribution in [3.8, 4) is 5.75 Å². The van der Waals surface area contributed by atoms with Gasteiger partial charge < -0.3 is 24.8 Å². The van der Waals surface area contributed by atoms with Crippen molar-refractivity contribution >= 4 is 23.3 Å². The quantitative estimate of drug-likeness (QED) is 0.871. The predicted molar refractivity (Wildman–Crippen MR) is 91.9 cm³/mol. The van der Waals surface area contributed by atoms with Gasteiger partial charge in [-0.15, -0.1) is 0 Å². The number of amides is 2. The fourth-order valence-electron chi connectivity index (χ4n) is 3.22. The standard InChI is InChI=1S/C17H23ClN2O4/c1-2-23-15-4-3-12(9-14(15)18)19-16(21)20-13-5-7-24-17(10-13)6-8-22-11-17/h3-4,9,13H,2,5-8,10-11H2,1H3,(H2,19,20,21)/t13-,17+/m0/s1. The zero-order valence-electron chi connectivity index (χ0n) is 13.8. The van der Waals surface area contributed by atoms with Crippen LogP contribution in [-0.4, -0.2) is 44.1 Å². The van der Waals surface area contributed by atoms with Crippen molar-refractivity contribution in [3.05, 3.63) is 23.2 Å². The summed E-state index contributed by atoms with van der Waals surface area (Å²) in [5.41, 5.74) is 0.408. The third-order valence-electron chi connectivity index (χ3n) is 4.38. The van der Waals surface area contributed by atoms with Crippen LogP contribution in [0.25, 0.3) is 0 Å². The predicted octanol–water partition coefficient (Wildman–Crippen LogP) is 3.20. The Morgan fingerprint density at radius 2 is 2.33 bits per heavy atom. The zero-order valence-corrected chi connectivity index (χ0v) is 14.5. The first-order chi connectivity index (χ1) is 11.6. The summed E-state index contributed by atoms with van der Waals surface area (Å²) < 4.78 is 16.7. The van der Waals surface area contributed by atoms with Crippen LogP contribution in [0, 0.1) is 0 Å². The van der Waals surface area contributed by atoms with Crippen LogP contribution in [-0.2, 0) is 9.47 Å². The van der Waals surface area contributed by atoms with Crippen LogP contribution in [0.3, 0.4) is 0 Å². The molecule has 132 valence electrons. The van der Waals surface area contributed by atoms with E-state index in [4.69, 9.17) is 25.8 Å². The molecule has 0 aliphatic carbocycles. The zero-order chi connectivity index (χ0) is 17.0. The lowest BCUT2D eigenvalue weighted by Crippen LogP contribution is -2.49. The molecule has 1 spiro atoms. The van der Waals surface area contributed by atoms with Crippen LogP contribution >= 0.6 is 11.6 Å². The molecular formula is C17H23ClN2O4. The molecule has 2 amide bonds. The molecule has 0 bridgehead atoms. The minimum Gasteiger partial charge on any atom is -0.492 e. The Labute approximate surface area is 146 Å². The lowest BCUT2D eigenvalue weighted by Gasteiger charge is -2.37. The van der Waals surface area contributed by atoms with Gasteiger partial charge in [0.2, 0.25) is 0 Å². The van der Waals surface area contributed by atoms with Gasteiger partial charge in [0.1, 0.15) is 5.75 Å². The van der Waals surface area contributed by atoms with Gasteiger partial charge in [-0.25, -0.2) is 4.79 Å². The molecule has 0 saturated carbocycles. The van der Waals surface area contributed by atoms with Crippen molar-refractivity contribution in [3.63, 3.8) is 0 Å². The van der Waals surface area contributed by atoms with Gasteiger partial charge in [-0.2, -0.15) is 0 Å². The van der Waals surface area contributed by atoms with Crippen LogP contribution in [0.2, 0.25) is 5.02 Å². The average Bonchev–Trinajstić information content (AvgIpc) is 2.98. The first kappa shape index (κ1) is 17.3. The van der Waals surface area contributed by atoms with Crippen molar-refractivity contribution < 1.29 is 19.0 Å². The van der Waals surface area contributed by atoms with Crippen LogP contribution in [0.15, 0.2) is 18.2 Å². The minimum atomic E-state index is -0.240. The number of carbonyl (C=O) groups is 1. The number of hydrogen-bond donors (Lipinski definition) is 2. The normalized spacial score (nSPS) is 26.3. The van der Waals surface area contributed by atoms with E-state index in [1.54, 1.807) is 18.2 Å². The van der Waals surface area contributed by atoms with Crippen molar-refractivity contribution in [2.75, 3.05) is 31.7 Å². The molecule has 3 rings (SSSR count). The second kappa shape index (κ2) is 7.59. The van der Waals surface area contributed by atoms with Gasteiger partial charge in [0.15, 0.2) is 0 Å². The van der Waals surface area contributed by atoms with Crippen LogP contribution < -0.4 is 15.4 Å². The highest BCUT2D eigenvalue weighted by molar-refractivity contribution is 6.32. The lowest BCUT2D eigenvalue weighted by atomic mass is 9.90. The molecule has 2 aliphatic rings. The molecule has 1 aromatic carbocycles. The van der Waals surface area contributed by atoms with Gasteiger partial charge in [-0.05, 0) is 38.0 Å². The maximum Gasteiger partial charge on any atom is 0.319 e. The molecule has 2 aliphatic heterocycles. The van der Waals surface area contributed by atoms with E-state index in [1.165, 1.54) is 0 Å². The highest BCUT2D eigenvalue weighted by Gasteiger charge is 2.41.